The summed E-state index contributed by atoms with van der Waals surface area (Å²) in [6, 6.07) is -1.23. The van der Waals surface area contributed by atoms with Gasteiger partial charge in [0.2, 0.25) is 0 Å². The van der Waals surface area contributed by atoms with Crippen molar-refractivity contribution in [2.75, 3.05) is 13.1 Å². The van der Waals surface area contributed by atoms with Crippen molar-refractivity contribution < 1.29 is 13.2 Å². The SMILES string of the molecule is FC(F)(F)C1CN1CC1=C2C=CC=CC2CC=C1. The first-order chi connectivity index (χ1) is 8.55. The predicted octanol–water partition coefficient (Wildman–Crippen LogP) is 3.23. The smallest absolute Gasteiger partial charge is 0.285 e. The fourth-order valence-corrected chi connectivity index (χ4v) is 2.61. The highest BCUT2D eigenvalue weighted by Crippen LogP contribution is 2.37. The molecule has 1 nitrogen and oxygen atoms in total. The van der Waals surface area contributed by atoms with Gasteiger partial charge in [0.15, 0.2) is 0 Å². The van der Waals surface area contributed by atoms with Crippen LogP contribution in [0.4, 0.5) is 13.2 Å². The summed E-state index contributed by atoms with van der Waals surface area (Å²) in [7, 11) is 0. The van der Waals surface area contributed by atoms with Crippen molar-refractivity contribution >= 4 is 0 Å². The molecule has 0 aromatic heterocycles. The number of fused-ring (bicyclic) bond motifs is 1. The molecule has 0 bridgehead atoms. The maximum atomic E-state index is 12.5. The third-order valence-corrected chi connectivity index (χ3v) is 3.68. The summed E-state index contributed by atoms with van der Waals surface area (Å²) >= 11 is 0. The Morgan fingerprint density at radius 1 is 1.22 bits per heavy atom. The van der Waals surface area contributed by atoms with Crippen molar-refractivity contribution in [1.82, 2.24) is 4.90 Å². The van der Waals surface area contributed by atoms with Crippen molar-refractivity contribution in [3.05, 3.63) is 47.6 Å². The second-order valence-electron chi connectivity index (χ2n) is 4.96. The molecule has 0 aromatic carbocycles. The molecule has 3 unspecified atom stereocenters. The number of allylic oxidation sites excluding steroid dienone is 6. The minimum Gasteiger partial charge on any atom is -0.285 e. The van der Waals surface area contributed by atoms with Crippen LogP contribution in [0, 0.1) is 5.92 Å². The van der Waals surface area contributed by atoms with Crippen molar-refractivity contribution in [2.45, 2.75) is 18.6 Å². The number of rotatable bonds is 2. The van der Waals surface area contributed by atoms with Gasteiger partial charge in [-0.2, -0.15) is 13.2 Å². The Morgan fingerprint density at radius 2 is 2.06 bits per heavy atom. The lowest BCUT2D eigenvalue weighted by Crippen LogP contribution is -2.23. The van der Waals surface area contributed by atoms with Crippen LogP contribution in [-0.2, 0) is 0 Å². The van der Waals surface area contributed by atoms with E-state index in [9.17, 15) is 13.2 Å². The van der Waals surface area contributed by atoms with E-state index >= 15 is 0 Å². The van der Waals surface area contributed by atoms with E-state index in [2.05, 4.69) is 12.2 Å². The van der Waals surface area contributed by atoms with Gasteiger partial charge in [-0.1, -0.05) is 36.5 Å². The Hall–Kier alpha value is -1.29. The van der Waals surface area contributed by atoms with Gasteiger partial charge in [-0.05, 0) is 17.6 Å². The Kier molecular flexibility index (Phi) is 2.70. The van der Waals surface area contributed by atoms with E-state index in [-0.39, 0.29) is 6.54 Å². The summed E-state index contributed by atoms with van der Waals surface area (Å²) in [5.41, 5.74) is 2.20. The van der Waals surface area contributed by atoms with E-state index in [4.69, 9.17) is 0 Å². The molecule has 0 spiro atoms. The first-order valence-corrected chi connectivity index (χ1v) is 6.11. The van der Waals surface area contributed by atoms with Crippen LogP contribution >= 0.6 is 0 Å². The number of hydrogen-bond acceptors (Lipinski definition) is 1. The van der Waals surface area contributed by atoms with Gasteiger partial charge in [-0.15, -0.1) is 0 Å². The number of alkyl halides is 3. The molecule has 0 saturated carbocycles. The molecule has 0 aromatic rings. The summed E-state index contributed by atoms with van der Waals surface area (Å²) < 4.78 is 37.4. The largest absolute Gasteiger partial charge is 0.405 e. The number of hydrogen-bond donors (Lipinski definition) is 0. The molecule has 0 amide bonds. The monoisotopic (exact) mass is 253 g/mol. The Balaban J connectivity index is 1.74. The highest BCUT2D eigenvalue weighted by molar-refractivity contribution is 5.45. The van der Waals surface area contributed by atoms with Crippen LogP contribution < -0.4 is 0 Å². The molecule has 1 saturated heterocycles. The van der Waals surface area contributed by atoms with Gasteiger partial charge < -0.3 is 0 Å². The Labute approximate surface area is 104 Å². The lowest BCUT2D eigenvalue weighted by atomic mass is 9.84. The molecule has 96 valence electrons. The van der Waals surface area contributed by atoms with Gasteiger partial charge in [0.1, 0.15) is 6.04 Å². The van der Waals surface area contributed by atoms with Gasteiger partial charge >= 0.3 is 6.18 Å². The van der Waals surface area contributed by atoms with Gasteiger partial charge in [-0.3, -0.25) is 4.90 Å². The second-order valence-corrected chi connectivity index (χ2v) is 4.96. The fourth-order valence-electron chi connectivity index (χ4n) is 2.61. The number of halogens is 3. The first-order valence-electron chi connectivity index (χ1n) is 6.11. The predicted molar refractivity (Wildman–Crippen MR) is 64.0 cm³/mol. The van der Waals surface area contributed by atoms with Gasteiger partial charge in [0.25, 0.3) is 0 Å². The highest BCUT2D eigenvalue weighted by atomic mass is 19.4. The van der Waals surface area contributed by atoms with Crippen LogP contribution in [0.1, 0.15) is 6.42 Å². The maximum absolute atomic E-state index is 12.5. The van der Waals surface area contributed by atoms with Crippen LogP contribution in [-0.4, -0.2) is 30.2 Å². The minimum atomic E-state index is -4.08. The zero-order chi connectivity index (χ0) is 12.8. The maximum Gasteiger partial charge on any atom is 0.405 e. The average Bonchev–Trinajstić information content (AvgIpc) is 3.09. The van der Waals surface area contributed by atoms with E-state index in [0.29, 0.717) is 12.5 Å². The zero-order valence-corrected chi connectivity index (χ0v) is 9.82. The molecule has 18 heavy (non-hydrogen) atoms. The molecule has 3 aliphatic rings. The lowest BCUT2D eigenvalue weighted by Gasteiger charge is -2.23. The third-order valence-electron chi connectivity index (χ3n) is 3.68. The molecule has 0 N–H and O–H groups in total. The van der Waals surface area contributed by atoms with Crippen LogP contribution in [0.2, 0.25) is 0 Å². The van der Waals surface area contributed by atoms with E-state index in [1.54, 1.807) is 0 Å². The summed E-state index contributed by atoms with van der Waals surface area (Å²) in [4.78, 5) is 1.47. The van der Waals surface area contributed by atoms with Crippen molar-refractivity contribution in [3.63, 3.8) is 0 Å². The number of nitrogens with zero attached hydrogens (tertiary/aromatic N) is 1. The van der Waals surface area contributed by atoms with Crippen molar-refractivity contribution in [3.8, 4) is 0 Å². The summed E-state index contributed by atoms with van der Waals surface area (Å²) in [5, 5.41) is 0. The summed E-state index contributed by atoms with van der Waals surface area (Å²) in [5.74, 6) is 0.347. The molecular formula is C14H14F3N. The lowest BCUT2D eigenvalue weighted by molar-refractivity contribution is -0.136. The molecule has 4 heteroatoms. The summed E-state index contributed by atoms with van der Waals surface area (Å²) in [6.45, 7) is 0.545. The van der Waals surface area contributed by atoms with E-state index in [0.717, 1.165) is 12.0 Å². The van der Waals surface area contributed by atoms with Gasteiger partial charge in [0.05, 0.1) is 0 Å². The second kappa shape index (κ2) is 4.12. The van der Waals surface area contributed by atoms with E-state index < -0.39 is 12.2 Å². The fraction of sp³-hybridized carbons (Fsp3) is 0.429. The first kappa shape index (κ1) is 11.8. The minimum absolute atomic E-state index is 0.137. The average molecular weight is 253 g/mol. The molecule has 3 rings (SSSR count). The van der Waals surface area contributed by atoms with E-state index in [1.165, 1.54) is 10.5 Å². The van der Waals surface area contributed by atoms with Crippen LogP contribution in [0.15, 0.2) is 47.6 Å². The molecular weight excluding hydrogens is 239 g/mol. The molecule has 1 aliphatic heterocycles. The van der Waals surface area contributed by atoms with Crippen LogP contribution in [0.3, 0.4) is 0 Å². The molecule has 3 atom stereocenters. The summed E-state index contributed by atoms with van der Waals surface area (Å²) in [6.07, 6.45) is 8.99. The Morgan fingerprint density at radius 3 is 2.78 bits per heavy atom. The van der Waals surface area contributed by atoms with Gasteiger partial charge in [-0.25, -0.2) is 0 Å². The van der Waals surface area contributed by atoms with Crippen molar-refractivity contribution in [1.29, 1.82) is 0 Å². The van der Waals surface area contributed by atoms with Crippen molar-refractivity contribution in [2.24, 2.45) is 5.92 Å². The van der Waals surface area contributed by atoms with Crippen LogP contribution in [0.25, 0.3) is 0 Å². The van der Waals surface area contributed by atoms with Crippen LogP contribution in [0.5, 0.6) is 0 Å². The highest BCUT2D eigenvalue weighted by Gasteiger charge is 2.54. The normalized spacial score (nSPS) is 33.8. The standard InChI is InChI=1S/C14H14F3N/c15-14(16,17)13-9-18(13)8-11-6-3-5-10-4-1-2-7-12(10)11/h1-4,6-7,10,13H,5,8-9H2. The zero-order valence-electron chi connectivity index (χ0n) is 9.82. The molecule has 1 fully saturated rings. The quantitative estimate of drug-likeness (QED) is 0.683. The van der Waals surface area contributed by atoms with E-state index in [1.807, 2.05) is 24.3 Å². The van der Waals surface area contributed by atoms with Gasteiger partial charge in [0, 0.05) is 19.0 Å². The molecule has 0 radical (unpaired) electrons. The molecule has 2 aliphatic carbocycles. The Bertz CT molecular complexity index is 468. The molecule has 1 heterocycles. The third kappa shape index (κ3) is 2.17. The topological polar surface area (TPSA) is 3.01 Å².